The maximum atomic E-state index is 3.90. The van der Waals surface area contributed by atoms with Crippen molar-refractivity contribution in [2.45, 2.75) is 33.1 Å². The topological polar surface area (TPSA) is 0 Å². The maximum Gasteiger partial charge on any atom is -0.0276 e. The van der Waals surface area contributed by atoms with Crippen LogP contribution in [-0.4, -0.2) is 0 Å². The predicted molar refractivity (Wildman–Crippen MR) is 58.9 cm³/mol. The van der Waals surface area contributed by atoms with Crippen molar-refractivity contribution in [3.05, 3.63) is 47.5 Å². The molecule has 1 aromatic rings. The molecule has 0 heteroatoms. The van der Waals surface area contributed by atoms with Crippen LogP contribution >= 0.6 is 0 Å². The largest absolute Gasteiger partial charge is 0.100 e. The molecule has 0 aromatic heterocycles. The summed E-state index contributed by atoms with van der Waals surface area (Å²) in [4.78, 5) is 0. The van der Waals surface area contributed by atoms with Gasteiger partial charge < -0.3 is 0 Å². The number of aryl methyl sites for hydroxylation is 2. The van der Waals surface area contributed by atoms with Gasteiger partial charge in [-0.1, -0.05) is 35.4 Å². The molecular formula is C13H18. The Bertz CT molecular complexity index is 267. The van der Waals surface area contributed by atoms with Crippen molar-refractivity contribution in [1.82, 2.24) is 0 Å². The SMILES string of the molecule is C=C(C)CCCc1ccc(C)cc1. The summed E-state index contributed by atoms with van der Waals surface area (Å²) in [5.41, 5.74) is 4.06. The highest BCUT2D eigenvalue weighted by atomic mass is 14.0. The van der Waals surface area contributed by atoms with E-state index in [-0.39, 0.29) is 0 Å². The van der Waals surface area contributed by atoms with Crippen LogP contribution in [0.1, 0.15) is 30.9 Å². The fourth-order valence-corrected chi connectivity index (χ4v) is 1.35. The normalized spacial score (nSPS) is 10.0. The number of allylic oxidation sites excluding steroid dienone is 1. The van der Waals surface area contributed by atoms with Gasteiger partial charge in [-0.15, -0.1) is 6.58 Å². The molecule has 0 bridgehead atoms. The minimum Gasteiger partial charge on any atom is -0.100 e. The van der Waals surface area contributed by atoms with E-state index in [1.54, 1.807) is 0 Å². The van der Waals surface area contributed by atoms with Crippen molar-refractivity contribution in [3.8, 4) is 0 Å². The van der Waals surface area contributed by atoms with Gasteiger partial charge in [0.25, 0.3) is 0 Å². The average Bonchev–Trinajstić information content (AvgIpc) is 2.08. The molecule has 0 nitrogen and oxygen atoms in total. The minimum absolute atomic E-state index is 1.15. The molecule has 0 aliphatic heterocycles. The van der Waals surface area contributed by atoms with Crippen molar-refractivity contribution in [2.75, 3.05) is 0 Å². The molecule has 0 saturated carbocycles. The Morgan fingerprint density at radius 2 is 1.85 bits per heavy atom. The maximum absolute atomic E-state index is 3.90. The Morgan fingerprint density at radius 3 is 2.38 bits per heavy atom. The zero-order valence-electron chi connectivity index (χ0n) is 8.64. The predicted octanol–water partition coefficient (Wildman–Crippen LogP) is 3.89. The van der Waals surface area contributed by atoms with Crippen LogP contribution in [0.3, 0.4) is 0 Å². The summed E-state index contributed by atoms with van der Waals surface area (Å²) in [5.74, 6) is 0. The lowest BCUT2D eigenvalue weighted by molar-refractivity contribution is 0.814. The van der Waals surface area contributed by atoms with Gasteiger partial charge in [-0.3, -0.25) is 0 Å². The summed E-state index contributed by atoms with van der Waals surface area (Å²) in [5, 5.41) is 0. The van der Waals surface area contributed by atoms with Crippen LogP contribution in [0.2, 0.25) is 0 Å². The molecule has 13 heavy (non-hydrogen) atoms. The highest BCUT2D eigenvalue weighted by Gasteiger charge is 1.93. The zero-order chi connectivity index (χ0) is 9.68. The Hall–Kier alpha value is -1.04. The molecule has 0 atom stereocenters. The average molecular weight is 174 g/mol. The van der Waals surface area contributed by atoms with Crippen LogP contribution in [0.15, 0.2) is 36.4 Å². The fourth-order valence-electron chi connectivity index (χ4n) is 1.35. The van der Waals surface area contributed by atoms with E-state index in [9.17, 15) is 0 Å². The van der Waals surface area contributed by atoms with Crippen molar-refractivity contribution in [2.24, 2.45) is 0 Å². The van der Waals surface area contributed by atoms with Crippen LogP contribution in [-0.2, 0) is 6.42 Å². The lowest BCUT2D eigenvalue weighted by Gasteiger charge is -2.01. The molecule has 0 fully saturated rings. The molecule has 1 aromatic carbocycles. The molecule has 0 aliphatic carbocycles. The molecule has 0 saturated heterocycles. The van der Waals surface area contributed by atoms with Gasteiger partial charge in [-0.25, -0.2) is 0 Å². The quantitative estimate of drug-likeness (QED) is 0.607. The summed E-state index contributed by atoms with van der Waals surface area (Å²) in [6.45, 7) is 8.12. The molecule has 0 N–H and O–H groups in total. The number of rotatable bonds is 4. The Labute approximate surface area is 81.3 Å². The number of benzene rings is 1. The smallest absolute Gasteiger partial charge is 0.0276 e. The third-order valence-electron chi connectivity index (χ3n) is 2.19. The summed E-state index contributed by atoms with van der Waals surface area (Å²) in [6, 6.07) is 8.79. The summed E-state index contributed by atoms with van der Waals surface area (Å²) in [6.07, 6.45) is 3.54. The van der Waals surface area contributed by atoms with E-state index in [0.29, 0.717) is 0 Å². The van der Waals surface area contributed by atoms with Crippen LogP contribution in [0.5, 0.6) is 0 Å². The van der Waals surface area contributed by atoms with Crippen molar-refractivity contribution in [1.29, 1.82) is 0 Å². The standard InChI is InChI=1S/C13H18/c1-11(2)5-4-6-13-9-7-12(3)8-10-13/h7-10H,1,4-6H2,2-3H3. The van der Waals surface area contributed by atoms with E-state index >= 15 is 0 Å². The minimum atomic E-state index is 1.15. The fraction of sp³-hybridized carbons (Fsp3) is 0.385. The first kappa shape index (κ1) is 10.0. The van der Waals surface area contributed by atoms with E-state index < -0.39 is 0 Å². The molecule has 70 valence electrons. The second-order valence-electron chi connectivity index (χ2n) is 3.80. The van der Waals surface area contributed by atoms with Gasteiger partial charge in [0, 0.05) is 0 Å². The molecule has 1 rings (SSSR count). The highest BCUT2D eigenvalue weighted by Crippen LogP contribution is 2.09. The number of hydrogen-bond donors (Lipinski definition) is 0. The van der Waals surface area contributed by atoms with Crippen LogP contribution in [0.4, 0.5) is 0 Å². The van der Waals surface area contributed by atoms with Crippen LogP contribution < -0.4 is 0 Å². The summed E-state index contributed by atoms with van der Waals surface area (Å²) >= 11 is 0. The molecule has 0 unspecified atom stereocenters. The first-order valence-corrected chi connectivity index (χ1v) is 4.88. The van der Waals surface area contributed by atoms with Gasteiger partial charge in [0.2, 0.25) is 0 Å². The van der Waals surface area contributed by atoms with E-state index in [0.717, 1.165) is 6.42 Å². The van der Waals surface area contributed by atoms with Crippen molar-refractivity contribution >= 4 is 0 Å². The monoisotopic (exact) mass is 174 g/mol. The Kier molecular flexibility index (Phi) is 3.75. The van der Waals surface area contributed by atoms with Gasteiger partial charge in [0.15, 0.2) is 0 Å². The first-order chi connectivity index (χ1) is 6.18. The van der Waals surface area contributed by atoms with Crippen molar-refractivity contribution in [3.63, 3.8) is 0 Å². The van der Waals surface area contributed by atoms with E-state index in [4.69, 9.17) is 0 Å². The van der Waals surface area contributed by atoms with Gasteiger partial charge in [0.1, 0.15) is 0 Å². The van der Waals surface area contributed by atoms with Gasteiger partial charge in [0.05, 0.1) is 0 Å². The number of hydrogen-bond acceptors (Lipinski definition) is 0. The second kappa shape index (κ2) is 4.86. The molecular weight excluding hydrogens is 156 g/mol. The van der Waals surface area contributed by atoms with Gasteiger partial charge in [-0.05, 0) is 38.7 Å². The summed E-state index contributed by atoms with van der Waals surface area (Å²) in [7, 11) is 0. The second-order valence-corrected chi connectivity index (χ2v) is 3.80. The zero-order valence-corrected chi connectivity index (χ0v) is 8.64. The highest BCUT2D eigenvalue weighted by molar-refractivity contribution is 5.21. The molecule has 0 heterocycles. The van der Waals surface area contributed by atoms with Crippen LogP contribution in [0, 0.1) is 6.92 Å². The molecule has 0 spiro atoms. The Balaban J connectivity index is 2.37. The third-order valence-corrected chi connectivity index (χ3v) is 2.19. The third kappa shape index (κ3) is 3.93. The van der Waals surface area contributed by atoms with E-state index in [2.05, 4.69) is 44.7 Å². The molecule has 0 aliphatic rings. The van der Waals surface area contributed by atoms with Gasteiger partial charge >= 0.3 is 0 Å². The van der Waals surface area contributed by atoms with Crippen molar-refractivity contribution < 1.29 is 0 Å². The summed E-state index contributed by atoms with van der Waals surface area (Å²) < 4.78 is 0. The first-order valence-electron chi connectivity index (χ1n) is 4.88. The molecule has 0 amide bonds. The Morgan fingerprint density at radius 1 is 1.23 bits per heavy atom. The van der Waals surface area contributed by atoms with Gasteiger partial charge in [-0.2, -0.15) is 0 Å². The van der Waals surface area contributed by atoms with Crippen LogP contribution in [0.25, 0.3) is 0 Å². The van der Waals surface area contributed by atoms with E-state index in [1.807, 2.05) is 0 Å². The lowest BCUT2D eigenvalue weighted by Crippen LogP contribution is -1.86. The molecule has 0 radical (unpaired) electrons. The van der Waals surface area contributed by atoms with E-state index in [1.165, 1.54) is 29.5 Å². The lowest BCUT2D eigenvalue weighted by atomic mass is 10.0.